The van der Waals surface area contributed by atoms with Crippen LogP contribution in [0.4, 0.5) is 0 Å². The summed E-state index contributed by atoms with van der Waals surface area (Å²) in [5.74, 6) is -0.390. The molecule has 0 aromatic rings. The Morgan fingerprint density at radius 2 is 1.48 bits per heavy atom. The molecule has 0 amide bonds. The highest BCUT2D eigenvalue weighted by atomic mass is 32.2. The molecule has 3 N–H and O–H groups in total. The molecule has 0 heterocycles. The van der Waals surface area contributed by atoms with Crippen LogP contribution < -0.4 is 5.32 Å². The van der Waals surface area contributed by atoms with Gasteiger partial charge in [0.2, 0.25) is 0 Å². The van der Waals surface area contributed by atoms with Crippen LogP contribution in [-0.4, -0.2) is 76.1 Å². The van der Waals surface area contributed by atoms with E-state index in [-0.39, 0.29) is 11.5 Å². The van der Waals surface area contributed by atoms with Crippen molar-refractivity contribution in [1.29, 1.82) is 0 Å². The molecule has 0 fully saturated rings. The van der Waals surface area contributed by atoms with Crippen LogP contribution in [0.3, 0.4) is 0 Å². The highest BCUT2D eigenvalue weighted by molar-refractivity contribution is 7.86. The molecule has 0 radical (unpaired) electrons. The Labute approximate surface area is 128 Å². The first-order chi connectivity index (χ1) is 9.52. The van der Waals surface area contributed by atoms with Gasteiger partial charge in [0.15, 0.2) is 0 Å². The van der Waals surface area contributed by atoms with E-state index in [1.165, 1.54) is 0 Å². The molecule has 0 aliphatic rings. The van der Waals surface area contributed by atoms with Crippen LogP contribution in [0.25, 0.3) is 0 Å². The maximum absolute atomic E-state index is 10.4. The van der Waals surface area contributed by atoms with Gasteiger partial charge >= 0.3 is 0 Å². The molecule has 0 atom stereocenters. The van der Waals surface area contributed by atoms with Crippen molar-refractivity contribution < 1.29 is 25.9 Å². The van der Waals surface area contributed by atoms with Gasteiger partial charge in [-0.25, -0.2) is 0 Å². The summed E-state index contributed by atoms with van der Waals surface area (Å²) in [7, 11) is -4.06. The van der Waals surface area contributed by atoms with Gasteiger partial charge in [-0.1, -0.05) is 19.8 Å². The monoisotopic (exact) mass is 348 g/mol. The first-order valence-electron chi connectivity index (χ1n) is 6.75. The molecule has 0 rings (SSSR count). The Bertz CT molecular complexity index is 436. The fourth-order valence-corrected chi connectivity index (χ4v) is 2.25. The minimum atomic E-state index is -3.79. The Morgan fingerprint density at radius 3 is 1.81 bits per heavy atom. The molecule has 0 spiro atoms. The normalized spacial score (nSPS) is 12.1. The Balaban J connectivity index is 0. The van der Waals surface area contributed by atoms with E-state index in [0.29, 0.717) is 13.1 Å². The van der Waals surface area contributed by atoms with Crippen molar-refractivity contribution in [2.45, 2.75) is 26.2 Å². The number of unbranched alkanes of at least 4 members (excludes halogenated alkanes) is 2. The van der Waals surface area contributed by atoms with Crippen molar-refractivity contribution >= 4 is 20.2 Å². The maximum Gasteiger partial charge on any atom is 0.266 e. The van der Waals surface area contributed by atoms with Crippen molar-refractivity contribution in [3.8, 4) is 0 Å². The van der Waals surface area contributed by atoms with Gasteiger partial charge in [0.05, 0.1) is 11.5 Å². The van der Waals surface area contributed by atoms with Crippen LogP contribution in [0.1, 0.15) is 26.2 Å². The molecule has 8 nitrogen and oxygen atoms in total. The molecule has 10 heteroatoms. The van der Waals surface area contributed by atoms with Gasteiger partial charge in [0, 0.05) is 13.1 Å². The van der Waals surface area contributed by atoms with Gasteiger partial charge < -0.3 is 10.2 Å². The van der Waals surface area contributed by atoms with Crippen molar-refractivity contribution in [2.75, 3.05) is 45.2 Å². The summed E-state index contributed by atoms with van der Waals surface area (Å²) in [6, 6.07) is 0. The molecule has 0 saturated carbocycles. The van der Waals surface area contributed by atoms with Crippen LogP contribution >= 0.6 is 0 Å². The molecule has 0 aliphatic carbocycles. The third kappa shape index (κ3) is 25.1. The number of nitrogens with zero attached hydrogens (tertiary/aromatic N) is 1. The Morgan fingerprint density at radius 1 is 0.952 bits per heavy atom. The zero-order valence-corrected chi connectivity index (χ0v) is 14.6. The first kappa shape index (κ1) is 23.0. The van der Waals surface area contributed by atoms with Crippen LogP contribution in [0.2, 0.25) is 0 Å². The average molecular weight is 348 g/mol. The van der Waals surface area contributed by atoms with Crippen molar-refractivity contribution in [3.63, 3.8) is 0 Å². The number of nitrogens with one attached hydrogen (secondary N) is 1. The van der Waals surface area contributed by atoms with E-state index < -0.39 is 20.2 Å². The molecule has 0 bridgehead atoms. The van der Waals surface area contributed by atoms with Crippen LogP contribution in [-0.2, 0) is 20.2 Å². The van der Waals surface area contributed by atoms with Crippen molar-refractivity contribution in [1.82, 2.24) is 10.2 Å². The lowest BCUT2D eigenvalue weighted by molar-refractivity contribution is 0.339. The van der Waals surface area contributed by atoms with E-state index in [2.05, 4.69) is 12.2 Å². The largest absolute Gasteiger partial charge is 0.319 e. The van der Waals surface area contributed by atoms with Gasteiger partial charge in [-0.15, -0.1) is 0 Å². The zero-order chi connectivity index (χ0) is 16.9. The van der Waals surface area contributed by atoms with Crippen molar-refractivity contribution in [2.24, 2.45) is 0 Å². The summed E-state index contributed by atoms with van der Waals surface area (Å²) in [6.45, 7) is 3.71. The lowest BCUT2D eigenvalue weighted by Gasteiger charge is -2.14. The van der Waals surface area contributed by atoms with E-state index >= 15 is 0 Å². The van der Waals surface area contributed by atoms with E-state index in [9.17, 15) is 16.8 Å². The van der Waals surface area contributed by atoms with Gasteiger partial charge in [0.25, 0.3) is 20.2 Å². The minimum Gasteiger partial charge on any atom is -0.319 e. The highest BCUT2D eigenvalue weighted by Crippen LogP contribution is 1.96. The molecular weight excluding hydrogens is 320 g/mol. The second-order valence-corrected chi connectivity index (χ2v) is 7.83. The smallest absolute Gasteiger partial charge is 0.266 e. The van der Waals surface area contributed by atoms with E-state index in [1.54, 1.807) is 7.05 Å². The highest BCUT2D eigenvalue weighted by Gasteiger charge is 2.06. The van der Waals surface area contributed by atoms with E-state index in [0.717, 1.165) is 25.8 Å². The number of rotatable bonds is 10. The fourth-order valence-electron chi connectivity index (χ4n) is 1.25. The molecule has 0 aromatic carbocycles. The SMILES string of the molecule is CCCCCN(C)CCS(=O)(=O)O.CNCCS(=O)(=O)O. The second kappa shape index (κ2) is 12.3. The number of hydrogen-bond acceptors (Lipinski definition) is 6. The molecule has 0 unspecified atom stereocenters. The zero-order valence-electron chi connectivity index (χ0n) is 12.9. The molecule has 0 aromatic heterocycles. The Kier molecular flexibility index (Phi) is 13.5. The third-order valence-electron chi connectivity index (χ3n) is 2.48. The van der Waals surface area contributed by atoms with Gasteiger partial charge in [-0.05, 0) is 27.1 Å². The standard InChI is InChI=1S/C8H19NO3S.C3H9NO3S/c1-3-4-5-6-9(2)7-8-13(10,11)12;1-4-2-3-8(5,6)7/h3-8H2,1-2H3,(H,10,11,12);4H,2-3H2,1H3,(H,5,6,7). The van der Waals surface area contributed by atoms with Crippen LogP contribution in [0.5, 0.6) is 0 Å². The predicted molar refractivity (Wildman–Crippen MR) is 83.8 cm³/mol. The summed E-state index contributed by atoms with van der Waals surface area (Å²) in [5, 5.41) is 2.59. The third-order valence-corrected chi connectivity index (χ3v) is 3.90. The molecule has 0 aliphatic heterocycles. The molecule has 0 saturated heterocycles. The number of hydrogen-bond donors (Lipinski definition) is 3. The molecule has 21 heavy (non-hydrogen) atoms. The van der Waals surface area contributed by atoms with Gasteiger partial charge in [-0.3, -0.25) is 9.11 Å². The Hall–Kier alpha value is -0.260. The summed E-state index contributed by atoms with van der Waals surface area (Å²) in [5.41, 5.74) is 0. The van der Waals surface area contributed by atoms with Crippen LogP contribution in [0.15, 0.2) is 0 Å². The van der Waals surface area contributed by atoms with Gasteiger partial charge in [-0.2, -0.15) is 16.8 Å². The average Bonchev–Trinajstić information content (AvgIpc) is 2.33. The summed E-state index contributed by atoms with van der Waals surface area (Å²) >= 11 is 0. The minimum absolute atomic E-state index is 0.171. The summed E-state index contributed by atoms with van der Waals surface area (Å²) in [4.78, 5) is 1.92. The molecular formula is C11H28N2O6S2. The maximum atomic E-state index is 10.4. The lowest BCUT2D eigenvalue weighted by atomic mass is 10.2. The van der Waals surface area contributed by atoms with Gasteiger partial charge in [0.1, 0.15) is 0 Å². The summed E-state index contributed by atoms with van der Waals surface area (Å²) < 4.78 is 57.2. The van der Waals surface area contributed by atoms with Crippen molar-refractivity contribution in [3.05, 3.63) is 0 Å². The lowest BCUT2D eigenvalue weighted by Crippen LogP contribution is -2.26. The quantitative estimate of drug-likeness (QED) is 0.375. The second-order valence-electron chi connectivity index (χ2n) is 4.69. The first-order valence-corrected chi connectivity index (χ1v) is 9.97. The topological polar surface area (TPSA) is 124 Å². The summed E-state index contributed by atoms with van der Waals surface area (Å²) in [6.07, 6.45) is 3.40. The van der Waals surface area contributed by atoms with Crippen LogP contribution in [0, 0.1) is 0 Å². The predicted octanol–water partition coefficient (Wildman–Crippen LogP) is 0.0898. The van der Waals surface area contributed by atoms with E-state index in [4.69, 9.17) is 9.11 Å². The molecule has 130 valence electrons. The fraction of sp³-hybridized carbons (Fsp3) is 1.00. The van der Waals surface area contributed by atoms with E-state index in [1.807, 2.05) is 11.9 Å².